The van der Waals surface area contributed by atoms with Crippen molar-refractivity contribution in [1.29, 1.82) is 0 Å². The summed E-state index contributed by atoms with van der Waals surface area (Å²) in [6.45, 7) is 38.3. The van der Waals surface area contributed by atoms with Crippen LogP contribution in [-0.4, -0.2) is 140 Å². The summed E-state index contributed by atoms with van der Waals surface area (Å²) in [6, 6.07) is 21.7. The molecule has 3 amide bonds. The van der Waals surface area contributed by atoms with Gasteiger partial charge in [-0.2, -0.15) is 0 Å². The average molecular weight is 1550 g/mol. The van der Waals surface area contributed by atoms with Crippen LogP contribution in [0.5, 0.6) is 0 Å². The number of amides is 3. The van der Waals surface area contributed by atoms with Crippen LogP contribution in [0.25, 0.3) is 10.8 Å². The fraction of sp³-hybridized carbons (Fsp3) is 0.693. The van der Waals surface area contributed by atoms with E-state index in [9.17, 15) is 52.7 Å². The van der Waals surface area contributed by atoms with E-state index in [2.05, 4.69) is 77.2 Å². The second-order valence-electron chi connectivity index (χ2n) is 30.0. The van der Waals surface area contributed by atoms with Crippen LogP contribution < -0.4 is 5.32 Å². The van der Waals surface area contributed by atoms with Gasteiger partial charge in [-0.1, -0.05) is 169 Å². The maximum Gasteiger partial charge on any atom is 0.407 e. The number of imide groups is 1. The first-order valence-electron chi connectivity index (χ1n) is 41.0. The first-order valence-corrected chi connectivity index (χ1v) is 41.0. The molecule has 4 atom stereocenters. The van der Waals surface area contributed by atoms with E-state index in [0.29, 0.717) is 120 Å². The van der Waals surface area contributed by atoms with Gasteiger partial charge in [0.1, 0.15) is 6.61 Å². The summed E-state index contributed by atoms with van der Waals surface area (Å²) >= 11 is 0. The Morgan fingerprint density at radius 1 is 0.436 bits per heavy atom. The summed E-state index contributed by atoms with van der Waals surface area (Å²) < 4.78 is 36.3. The van der Waals surface area contributed by atoms with Crippen molar-refractivity contribution in [2.75, 3.05) is 59.3 Å². The van der Waals surface area contributed by atoms with E-state index >= 15 is 0 Å². The quantitative estimate of drug-likeness (QED) is 0.0205. The summed E-state index contributed by atoms with van der Waals surface area (Å²) in [5.41, 5.74) is 1.16. The standard InChI is InChI=1S/C24H44O6.C23H43NO6.C14H11NO2.C11H20O4.C10H14.C6H12O2/c1-6-9-14-20(7-2)19-30-22(26)15-11-10-12-17-28-21(25)16-13-18-29-23(27)24(4,5)8-3;1-6-9-13-19(7-2)18-30-20(25)14-11-10-12-16-29-22(27)24-15-17-28-21(26)23(4,5)8-3;1-2-15-13(16)10-7-3-5-9-6-4-8-11(12(9)10)14(15)17;1-3-9(2)11(14)15-8-6-4-5-7-10(12)13;1-3-9(2)10-7-5-4-6-8-10;1-4-6(2,3)5(7)8/h20H,6-19H2,1-5H3;19H,6-18H2,1-5H3,(H,24,27);3-8H,2H2,1H3;9H,3-8H2,1-2H3,(H,12,13);4-9H,3H2,1-2H3;4H2,1-3H3,(H,7,8). The van der Waals surface area contributed by atoms with Gasteiger partial charge < -0.3 is 48.7 Å². The number of alkyl carbamates (subject to hydrolysis) is 1. The van der Waals surface area contributed by atoms with Crippen molar-refractivity contribution >= 4 is 76.4 Å². The molecule has 4 unspecified atom stereocenters. The second-order valence-corrected chi connectivity index (χ2v) is 30.0. The Labute approximate surface area is 660 Å². The smallest absolute Gasteiger partial charge is 0.407 e. The van der Waals surface area contributed by atoms with Crippen molar-refractivity contribution in [3.05, 3.63) is 83.4 Å². The van der Waals surface area contributed by atoms with Crippen molar-refractivity contribution < 1.29 is 96.1 Å². The Hall–Kier alpha value is -7.91. The third-order valence-electron chi connectivity index (χ3n) is 19.7. The minimum absolute atomic E-state index is 0.0379. The van der Waals surface area contributed by atoms with Crippen molar-refractivity contribution in [2.45, 2.75) is 304 Å². The number of ether oxygens (including phenoxy) is 7. The zero-order valence-corrected chi connectivity index (χ0v) is 70.8. The first-order chi connectivity index (χ1) is 52.2. The Bertz CT molecular complexity index is 2950. The molecular formula is C88H144N2O20. The first kappa shape index (κ1) is 104. The summed E-state index contributed by atoms with van der Waals surface area (Å²) in [4.78, 5) is 128. The lowest BCUT2D eigenvalue weighted by molar-refractivity contribution is -0.155. The Morgan fingerprint density at radius 3 is 1.27 bits per heavy atom. The minimum Gasteiger partial charge on any atom is -0.481 e. The van der Waals surface area contributed by atoms with Gasteiger partial charge in [0.2, 0.25) is 0 Å². The number of rotatable bonds is 48. The molecule has 0 aromatic heterocycles. The highest BCUT2D eigenvalue weighted by molar-refractivity contribution is 6.25. The van der Waals surface area contributed by atoms with Crippen molar-refractivity contribution in [3.8, 4) is 0 Å². The molecule has 22 heteroatoms. The highest BCUT2D eigenvalue weighted by Gasteiger charge is 2.32. The van der Waals surface area contributed by atoms with Gasteiger partial charge in [0.25, 0.3) is 11.8 Å². The molecule has 3 aromatic rings. The summed E-state index contributed by atoms with van der Waals surface area (Å²) in [7, 11) is 0. The van der Waals surface area contributed by atoms with E-state index in [4.69, 9.17) is 43.4 Å². The molecule has 0 aliphatic carbocycles. The highest BCUT2D eigenvalue weighted by Crippen LogP contribution is 2.30. The zero-order chi connectivity index (χ0) is 83.5. The molecule has 3 N–H and O–H groups in total. The van der Waals surface area contributed by atoms with E-state index in [1.807, 2.05) is 93.5 Å². The maximum atomic E-state index is 12.1. The van der Waals surface area contributed by atoms with Crippen molar-refractivity contribution in [1.82, 2.24) is 10.2 Å². The number of esters is 6. The number of nitrogens with zero attached hydrogens (tertiary/aromatic N) is 1. The van der Waals surface area contributed by atoms with Crippen molar-refractivity contribution in [3.63, 3.8) is 0 Å². The molecule has 1 aliphatic rings. The lowest BCUT2D eigenvalue weighted by Crippen LogP contribution is -2.39. The third-order valence-corrected chi connectivity index (χ3v) is 19.7. The summed E-state index contributed by atoms with van der Waals surface area (Å²) in [6.07, 6.45) is 20.9. The molecule has 0 fully saturated rings. The number of aliphatic carboxylic acids is 2. The van der Waals surface area contributed by atoms with E-state index in [-0.39, 0.29) is 86.1 Å². The molecule has 0 saturated heterocycles. The van der Waals surface area contributed by atoms with Crippen LogP contribution in [0.2, 0.25) is 0 Å². The number of carboxylic acid groups (broad SMARTS) is 2. The second kappa shape index (κ2) is 61.7. The topological polar surface area (TPSA) is 308 Å². The summed E-state index contributed by atoms with van der Waals surface area (Å²) in [5, 5.41) is 21.1. The number of unbranched alkanes of at least 4 members (excludes halogenated alkanes) is 8. The van der Waals surface area contributed by atoms with Gasteiger partial charge >= 0.3 is 53.8 Å². The van der Waals surface area contributed by atoms with Gasteiger partial charge in [-0.25, -0.2) is 4.79 Å². The number of carboxylic acids is 2. The van der Waals surface area contributed by atoms with Crippen molar-refractivity contribution in [2.24, 2.45) is 34.0 Å². The fourth-order valence-corrected chi connectivity index (χ4v) is 9.86. The SMILES string of the molecule is CCC(C)(C)C(=O)O.CCC(C)C(=O)OCCCCCC(=O)O.CCC(C)c1ccccc1.CCCCC(CC)COC(=O)CCCCCOC(=O)CCCOC(=O)C(C)(C)CC.CCCCC(CC)COC(=O)CCCCCOC(=O)NCCOC(=O)C(C)(C)CC.CCN1C(=O)c2cccc3cccc(c23)C1=O. The molecule has 1 aliphatic heterocycles. The van der Waals surface area contributed by atoms with Crippen LogP contribution in [0.15, 0.2) is 66.7 Å². The molecule has 1 heterocycles. The Balaban J connectivity index is 0. The maximum absolute atomic E-state index is 12.1. The normalized spacial score (nSPS) is 12.6. The molecule has 0 spiro atoms. The van der Waals surface area contributed by atoms with E-state index in [1.165, 1.54) is 36.1 Å². The lowest BCUT2D eigenvalue weighted by atomic mass is 9.91. The predicted octanol–water partition coefficient (Wildman–Crippen LogP) is 20.0. The van der Waals surface area contributed by atoms with Gasteiger partial charge in [0.15, 0.2) is 0 Å². The van der Waals surface area contributed by atoms with Gasteiger partial charge in [-0.05, 0) is 198 Å². The number of benzene rings is 3. The molecule has 0 radical (unpaired) electrons. The summed E-state index contributed by atoms with van der Waals surface area (Å²) in [5.74, 6) is -1.51. The minimum atomic E-state index is -0.772. The molecular weight excluding hydrogens is 1400 g/mol. The van der Waals surface area contributed by atoms with E-state index < -0.39 is 34.3 Å². The van der Waals surface area contributed by atoms with E-state index in [1.54, 1.807) is 26.0 Å². The molecule has 4 rings (SSSR count). The lowest BCUT2D eigenvalue weighted by Gasteiger charge is -2.25. The van der Waals surface area contributed by atoms with Gasteiger partial charge in [-0.3, -0.25) is 52.8 Å². The van der Waals surface area contributed by atoms with E-state index in [0.717, 1.165) is 94.2 Å². The Kier molecular flexibility index (Phi) is 58.4. The molecule has 626 valence electrons. The van der Waals surface area contributed by atoms with Crippen LogP contribution in [0, 0.1) is 34.0 Å². The van der Waals surface area contributed by atoms with Crippen LogP contribution in [0.1, 0.15) is 330 Å². The molecule has 22 nitrogen and oxygen atoms in total. The van der Waals surface area contributed by atoms with Crippen LogP contribution >= 0.6 is 0 Å². The highest BCUT2D eigenvalue weighted by atomic mass is 16.6. The largest absolute Gasteiger partial charge is 0.481 e. The number of nitrogens with one attached hydrogen (secondary N) is 1. The molecule has 3 aromatic carbocycles. The number of hydrogen-bond acceptors (Lipinski definition) is 18. The van der Waals surface area contributed by atoms with Gasteiger partial charge in [-0.15, -0.1) is 0 Å². The molecule has 0 saturated carbocycles. The monoisotopic (exact) mass is 1550 g/mol. The third kappa shape index (κ3) is 47.3. The van der Waals surface area contributed by atoms with Crippen LogP contribution in [0.3, 0.4) is 0 Å². The number of hydrogen-bond donors (Lipinski definition) is 3. The Morgan fingerprint density at radius 2 is 0.864 bits per heavy atom. The molecule has 0 bridgehead atoms. The van der Waals surface area contributed by atoms with Gasteiger partial charge in [0, 0.05) is 48.7 Å². The zero-order valence-electron chi connectivity index (χ0n) is 70.8. The fourth-order valence-electron chi connectivity index (χ4n) is 9.86. The number of carbonyl (C=O) groups is 11. The predicted molar refractivity (Wildman–Crippen MR) is 433 cm³/mol. The van der Waals surface area contributed by atoms with Gasteiger partial charge in [0.05, 0.1) is 68.3 Å². The number of carbonyl (C=O) groups excluding carboxylic acids is 9. The average Bonchev–Trinajstić information content (AvgIpc) is 0.752. The van der Waals surface area contributed by atoms with Crippen LogP contribution in [0.4, 0.5) is 4.79 Å². The molecule has 110 heavy (non-hydrogen) atoms. The van der Waals surface area contributed by atoms with Crippen LogP contribution in [-0.2, 0) is 71.5 Å².